The van der Waals surface area contributed by atoms with Gasteiger partial charge in [-0.05, 0) is 24.3 Å². The quantitative estimate of drug-likeness (QED) is 0.799. The van der Waals surface area contributed by atoms with Gasteiger partial charge in [-0.25, -0.2) is 0 Å². The van der Waals surface area contributed by atoms with Crippen molar-refractivity contribution >= 4 is 28.9 Å². The molecule has 2 aromatic rings. The first-order chi connectivity index (χ1) is 12.1. The van der Waals surface area contributed by atoms with Crippen LogP contribution in [0.3, 0.4) is 0 Å². The fourth-order valence-corrected chi connectivity index (χ4v) is 3.66. The Labute approximate surface area is 154 Å². The standard InChI is InChI=1S/C17H17Cl2N3O3/c18-12-1-3-13(4-2-12)22-16(23)15(19)14(9-20-22)21-6-8-25-17(10-21)5-7-24-11-17/h1-4,9H,5-8,10-11H2. The van der Waals surface area contributed by atoms with Crippen LogP contribution in [0.5, 0.6) is 0 Å². The van der Waals surface area contributed by atoms with Crippen molar-refractivity contribution in [1.29, 1.82) is 0 Å². The highest BCUT2D eigenvalue weighted by Crippen LogP contribution is 2.32. The number of morpholine rings is 1. The first-order valence-electron chi connectivity index (χ1n) is 8.08. The van der Waals surface area contributed by atoms with Crippen LogP contribution in [0.25, 0.3) is 5.69 Å². The summed E-state index contributed by atoms with van der Waals surface area (Å²) in [5.41, 5.74) is 0.578. The van der Waals surface area contributed by atoms with Gasteiger partial charge in [-0.15, -0.1) is 0 Å². The van der Waals surface area contributed by atoms with Crippen molar-refractivity contribution in [1.82, 2.24) is 9.78 Å². The number of nitrogens with zero attached hydrogens (tertiary/aromatic N) is 3. The third kappa shape index (κ3) is 3.15. The first-order valence-corrected chi connectivity index (χ1v) is 8.84. The molecule has 1 aromatic carbocycles. The summed E-state index contributed by atoms with van der Waals surface area (Å²) in [4.78, 5) is 14.7. The van der Waals surface area contributed by atoms with Crippen LogP contribution in [-0.2, 0) is 9.47 Å². The molecule has 0 saturated carbocycles. The summed E-state index contributed by atoms with van der Waals surface area (Å²) in [5, 5.41) is 5.04. The lowest BCUT2D eigenvalue weighted by Crippen LogP contribution is -2.52. The van der Waals surface area contributed by atoms with Gasteiger partial charge in [0.15, 0.2) is 0 Å². The number of rotatable bonds is 2. The molecule has 1 spiro atoms. The number of hydrogen-bond donors (Lipinski definition) is 0. The van der Waals surface area contributed by atoms with Gasteiger partial charge >= 0.3 is 0 Å². The minimum atomic E-state index is -0.357. The summed E-state index contributed by atoms with van der Waals surface area (Å²) in [6.07, 6.45) is 2.48. The SMILES string of the molecule is O=c1c(Cl)c(N2CCOC3(CCOC3)C2)cnn1-c1ccc(Cl)cc1. The average Bonchev–Trinajstić information content (AvgIpc) is 3.06. The zero-order chi connectivity index (χ0) is 17.4. The normalized spacial score (nSPS) is 23.4. The average molecular weight is 382 g/mol. The summed E-state index contributed by atoms with van der Waals surface area (Å²) >= 11 is 12.3. The minimum Gasteiger partial charge on any atom is -0.378 e. The van der Waals surface area contributed by atoms with Crippen LogP contribution in [0.4, 0.5) is 5.69 Å². The zero-order valence-electron chi connectivity index (χ0n) is 13.5. The van der Waals surface area contributed by atoms with Gasteiger partial charge in [-0.2, -0.15) is 9.78 Å². The van der Waals surface area contributed by atoms with Crippen molar-refractivity contribution in [3.8, 4) is 5.69 Å². The second-order valence-corrected chi connectivity index (χ2v) is 7.11. The van der Waals surface area contributed by atoms with E-state index in [1.165, 1.54) is 4.68 Å². The van der Waals surface area contributed by atoms with Gasteiger partial charge in [0.05, 0.1) is 30.8 Å². The molecule has 25 heavy (non-hydrogen) atoms. The molecule has 132 valence electrons. The molecule has 0 amide bonds. The fraction of sp³-hybridized carbons (Fsp3) is 0.412. The van der Waals surface area contributed by atoms with Crippen LogP contribution in [-0.4, -0.2) is 48.3 Å². The van der Waals surface area contributed by atoms with Crippen molar-refractivity contribution in [3.63, 3.8) is 0 Å². The Hall–Kier alpha value is -1.60. The maximum absolute atomic E-state index is 12.7. The molecular weight excluding hydrogens is 365 g/mol. The molecule has 0 bridgehead atoms. The van der Waals surface area contributed by atoms with Crippen molar-refractivity contribution < 1.29 is 9.47 Å². The molecule has 2 aliphatic rings. The Morgan fingerprint density at radius 3 is 2.68 bits per heavy atom. The van der Waals surface area contributed by atoms with Crippen LogP contribution < -0.4 is 10.5 Å². The number of benzene rings is 1. The maximum Gasteiger partial charge on any atom is 0.292 e. The lowest BCUT2D eigenvalue weighted by atomic mass is 10.0. The van der Waals surface area contributed by atoms with E-state index in [9.17, 15) is 4.79 Å². The number of ether oxygens (including phenoxy) is 2. The zero-order valence-corrected chi connectivity index (χ0v) is 15.0. The van der Waals surface area contributed by atoms with Crippen LogP contribution in [0.1, 0.15) is 6.42 Å². The molecule has 2 aliphatic heterocycles. The largest absolute Gasteiger partial charge is 0.378 e. The molecule has 2 saturated heterocycles. The summed E-state index contributed by atoms with van der Waals surface area (Å²) in [6, 6.07) is 6.87. The molecule has 6 nitrogen and oxygen atoms in total. The summed E-state index contributed by atoms with van der Waals surface area (Å²) in [5.74, 6) is 0. The van der Waals surface area contributed by atoms with E-state index in [4.69, 9.17) is 32.7 Å². The second-order valence-electron chi connectivity index (χ2n) is 6.29. The smallest absolute Gasteiger partial charge is 0.292 e. The monoisotopic (exact) mass is 381 g/mol. The predicted molar refractivity (Wildman–Crippen MR) is 96.2 cm³/mol. The van der Waals surface area contributed by atoms with E-state index >= 15 is 0 Å². The van der Waals surface area contributed by atoms with Crippen LogP contribution >= 0.6 is 23.2 Å². The first kappa shape index (κ1) is 16.8. The van der Waals surface area contributed by atoms with E-state index in [1.807, 2.05) is 0 Å². The van der Waals surface area contributed by atoms with Crippen LogP contribution in [0, 0.1) is 0 Å². The van der Waals surface area contributed by atoms with E-state index < -0.39 is 0 Å². The maximum atomic E-state index is 12.7. The lowest BCUT2D eigenvalue weighted by Gasteiger charge is -2.40. The molecule has 0 radical (unpaired) electrons. The van der Waals surface area contributed by atoms with Gasteiger partial charge in [-0.3, -0.25) is 4.79 Å². The van der Waals surface area contributed by atoms with Crippen molar-refractivity contribution in [2.75, 3.05) is 37.8 Å². The van der Waals surface area contributed by atoms with Crippen LogP contribution in [0.15, 0.2) is 35.3 Å². The van der Waals surface area contributed by atoms with Gasteiger partial charge in [0.2, 0.25) is 0 Å². The Morgan fingerprint density at radius 1 is 1.16 bits per heavy atom. The summed E-state index contributed by atoms with van der Waals surface area (Å²) in [6.45, 7) is 3.13. The third-order valence-electron chi connectivity index (χ3n) is 4.63. The number of anilines is 1. The molecule has 2 fully saturated rings. The van der Waals surface area contributed by atoms with Crippen LogP contribution in [0.2, 0.25) is 10.0 Å². The summed E-state index contributed by atoms with van der Waals surface area (Å²) < 4.78 is 12.7. The molecule has 3 heterocycles. The second kappa shape index (κ2) is 6.61. The van der Waals surface area contributed by atoms with Crippen molar-refractivity contribution in [2.24, 2.45) is 0 Å². The highest BCUT2D eigenvalue weighted by molar-refractivity contribution is 6.33. The molecule has 0 aliphatic carbocycles. The number of aromatic nitrogens is 2. The van der Waals surface area contributed by atoms with Crippen molar-refractivity contribution in [2.45, 2.75) is 12.0 Å². The van der Waals surface area contributed by atoms with E-state index in [0.29, 0.717) is 49.3 Å². The number of halogens is 2. The predicted octanol–water partition coefficient (Wildman–Crippen LogP) is 2.54. The highest BCUT2D eigenvalue weighted by atomic mass is 35.5. The summed E-state index contributed by atoms with van der Waals surface area (Å²) in [7, 11) is 0. The van der Waals surface area contributed by atoms with Gasteiger partial charge in [0.25, 0.3) is 5.56 Å². The molecule has 0 N–H and O–H groups in total. The van der Waals surface area contributed by atoms with Gasteiger partial charge in [0, 0.05) is 31.1 Å². The minimum absolute atomic E-state index is 0.154. The van der Waals surface area contributed by atoms with Crippen molar-refractivity contribution in [3.05, 3.63) is 50.9 Å². The Bertz CT molecular complexity index is 832. The third-order valence-corrected chi connectivity index (χ3v) is 5.24. The van der Waals surface area contributed by atoms with E-state index in [-0.39, 0.29) is 16.2 Å². The lowest BCUT2D eigenvalue weighted by molar-refractivity contribution is -0.0579. The van der Waals surface area contributed by atoms with E-state index in [2.05, 4.69) is 10.00 Å². The molecule has 1 unspecified atom stereocenters. The van der Waals surface area contributed by atoms with E-state index in [1.54, 1.807) is 30.5 Å². The van der Waals surface area contributed by atoms with E-state index in [0.717, 1.165) is 6.42 Å². The fourth-order valence-electron chi connectivity index (χ4n) is 3.29. The van der Waals surface area contributed by atoms with Gasteiger partial charge < -0.3 is 14.4 Å². The highest BCUT2D eigenvalue weighted by Gasteiger charge is 2.41. The van der Waals surface area contributed by atoms with Gasteiger partial charge in [-0.1, -0.05) is 23.2 Å². The molecule has 1 atom stereocenters. The molecule has 8 heteroatoms. The number of hydrogen-bond acceptors (Lipinski definition) is 5. The Kier molecular flexibility index (Phi) is 4.45. The van der Waals surface area contributed by atoms with Gasteiger partial charge in [0.1, 0.15) is 10.6 Å². The molecule has 1 aromatic heterocycles. The Morgan fingerprint density at radius 2 is 1.96 bits per heavy atom. The molecule has 4 rings (SSSR count). The topological polar surface area (TPSA) is 56.6 Å². The molecular formula is C17H17Cl2N3O3. The Balaban J connectivity index is 1.66.